The molecule has 0 unspecified atom stereocenters. The van der Waals surface area contributed by atoms with Crippen molar-refractivity contribution in [1.29, 1.82) is 0 Å². The van der Waals surface area contributed by atoms with E-state index in [1.54, 1.807) is 0 Å². The lowest BCUT2D eigenvalue weighted by molar-refractivity contribution is 0.121. The summed E-state index contributed by atoms with van der Waals surface area (Å²) in [5.41, 5.74) is 5.46. The Kier molecular flexibility index (Phi) is 9.38. The van der Waals surface area contributed by atoms with Gasteiger partial charge in [0.2, 0.25) is 0 Å². The normalized spacial score (nSPS) is 18.3. The van der Waals surface area contributed by atoms with Gasteiger partial charge in [0.25, 0.3) is 0 Å². The number of likely N-dealkylation sites (N-methyl/N-ethyl adjacent to an activating group) is 1. The predicted molar refractivity (Wildman–Crippen MR) is 82.6 cm³/mol. The summed E-state index contributed by atoms with van der Waals surface area (Å²) in [6.45, 7) is 18.0. The zero-order valence-corrected chi connectivity index (χ0v) is 12.9. The first kappa shape index (κ1) is 16.9. The number of piperazine rings is 1. The van der Waals surface area contributed by atoms with E-state index in [0.717, 1.165) is 26.2 Å². The van der Waals surface area contributed by atoms with Crippen molar-refractivity contribution in [3.05, 3.63) is 0 Å². The number of nitrogens with zero attached hydrogens (tertiary/aromatic N) is 3. The van der Waals surface area contributed by atoms with Crippen LogP contribution in [0.1, 0.15) is 13.8 Å². The first-order valence-electron chi connectivity index (χ1n) is 7.88. The molecule has 1 aliphatic heterocycles. The van der Waals surface area contributed by atoms with Crippen LogP contribution >= 0.6 is 0 Å². The molecule has 19 heavy (non-hydrogen) atoms. The molecule has 1 heterocycles. The standard InChI is InChI=1S/C14H33N5/c1-3-17(4-2)9-10-19-13-11-18(12-14-19)8-7-16-6-5-15/h16H,3-15H2,1-2H3. The molecule has 114 valence electrons. The Morgan fingerprint density at radius 3 is 2.05 bits per heavy atom. The highest BCUT2D eigenvalue weighted by Crippen LogP contribution is 2.01. The smallest absolute Gasteiger partial charge is 0.0110 e. The molecule has 0 radical (unpaired) electrons. The van der Waals surface area contributed by atoms with Crippen LogP contribution in [0.25, 0.3) is 0 Å². The van der Waals surface area contributed by atoms with E-state index in [0.29, 0.717) is 0 Å². The molecule has 0 amide bonds. The molecule has 0 aromatic carbocycles. The van der Waals surface area contributed by atoms with E-state index in [1.165, 1.54) is 52.4 Å². The van der Waals surface area contributed by atoms with Crippen molar-refractivity contribution < 1.29 is 0 Å². The molecular weight excluding hydrogens is 238 g/mol. The summed E-state index contributed by atoms with van der Waals surface area (Å²) in [6.07, 6.45) is 0. The van der Waals surface area contributed by atoms with Crippen LogP contribution in [0.5, 0.6) is 0 Å². The van der Waals surface area contributed by atoms with Gasteiger partial charge in [-0.3, -0.25) is 9.80 Å². The Labute approximate surface area is 119 Å². The molecule has 1 rings (SSSR count). The Hall–Kier alpha value is -0.200. The van der Waals surface area contributed by atoms with Crippen molar-refractivity contribution in [2.24, 2.45) is 5.73 Å². The lowest BCUT2D eigenvalue weighted by atomic mass is 10.3. The molecule has 0 saturated carbocycles. The van der Waals surface area contributed by atoms with Gasteiger partial charge in [0.1, 0.15) is 0 Å². The first-order chi connectivity index (χ1) is 9.30. The Morgan fingerprint density at radius 2 is 1.53 bits per heavy atom. The zero-order valence-electron chi connectivity index (χ0n) is 12.9. The number of hydrogen-bond acceptors (Lipinski definition) is 5. The quantitative estimate of drug-likeness (QED) is 0.524. The number of nitrogens with two attached hydrogens (primary N) is 1. The maximum Gasteiger partial charge on any atom is 0.0110 e. The molecule has 0 aromatic heterocycles. The SMILES string of the molecule is CCN(CC)CCN1CCN(CCNCCN)CC1. The minimum atomic E-state index is 0.735. The molecule has 0 spiro atoms. The zero-order chi connectivity index (χ0) is 13.9. The molecule has 0 bridgehead atoms. The van der Waals surface area contributed by atoms with Crippen LogP contribution in [0, 0.1) is 0 Å². The van der Waals surface area contributed by atoms with E-state index >= 15 is 0 Å². The van der Waals surface area contributed by atoms with Gasteiger partial charge < -0.3 is 16.0 Å². The fraction of sp³-hybridized carbons (Fsp3) is 1.00. The molecule has 5 nitrogen and oxygen atoms in total. The Morgan fingerprint density at radius 1 is 0.947 bits per heavy atom. The predicted octanol–water partition coefficient (Wildman–Crippen LogP) is -0.506. The lowest BCUT2D eigenvalue weighted by Gasteiger charge is -2.35. The summed E-state index contributed by atoms with van der Waals surface area (Å²) in [4.78, 5) is 7.66. The summed E-state index contributed by atoms with van der Waals surface area (Å²) in [5, 5.41) is 3.36. The van der Waals surface area contributed by atoms with Crippen LogP contribution in [0.2, 0.25) is 0 Å². The van der Waals surface area contributed by atoms with Crippen molar-refractivity contribution in [2.45, 2.75) is 13.8 Å². The Balaban J connectivity index is 2.05. The van der Waals surface area contributed by atoms with Crippen molar-refractivity contribution in [3.8, 4) is 0 Å². The van der Waals surface area contributed by atoms with Crippen molar-refractivity contribution in [3.63, 3.8) is 0 Å². The molecule has 1 saturated heterocycles. The summed E-state index contributed by atoms with van der Waals surface area (Å²) in [7, 11) is 0. The molecule has 0 atom stereocenters. The van der Waals surface area contributed by atoms with Gasteiger partial charge in [-0.2, -0.15) is 0 Å². The third-order valence-electron chi connectivity index (χ3n) is 4.02. The molecule has 5 heteroatoms. The minimum Gasteiger partial charge on any atom is -0.329 e. The molecule has 1 fully saturated rings. The summed E-state index contributed by atoms with van der Waals surface area (Å²) in [5.74, 6) is 0. The average Bonchev–Trinajstić information content (AvgIpc) is 2.46. The third-order valence-corrected chi connectivity index (χ3v) is 4.02. The van der Waals surface area contributed by atoms with Gasteiger partial charge >= 0.3 is 0 Å². The molecule has 0 aliphatic carbocycles. The van der Waals surface area contributed by atoms with Gasteiger partial charge in [0, 0.05) is 65.4 Å². The minimum absolute atomic E-state index is 0.735. The highest BCUT2D eigenvalue weighted by molar-refractivity contribution is 4.73. The van der Waals surface area contributed by atoms with Crippen LogP contribution in [-0.2, 0) is 0 Å². The van der Waals surface area contributed by atoms with Gasteiger partial charge in [-0.25, -0.2) is 0 Å². The van der Waals surface area contributed by atoms with Gasteiger partial charge in [-0.15, -0.1) is 0 Å². The van der Waals surface area contributed by atoms with Gasteiger partial charge in [-0.05, 0) is 13.1 Å². The van der Waals surface area contributed by atoms with Crippen LogP contribution in [-0.4, -0.2) is 93.2 Å². The van der Waals surface area contributed by atoms with Gasteiger partial charge in [-0.1, -0.05) is 13.8 Å². The fourth-order valence-corrected chi connectivity index (χ4v) is 2.52. The fourth-order valence-electron chi connectivity index (χ4n) is 2.52. The first-order valence-corrected chi connectivity index (χ1v) is 7.88. The van der Waals surface area contributed by atoms with Crippen LogP contribution in [0.15, 0.2) is 0 Å². The van der Waals surface area contributed by atoms with E-state index in [2.05, 4.69) is 33.9 Å². The van der Waals surface area contributed by atoms with E-state index in [9.17, 15) is 0 Å². The second-order valence-corrected chi connectivity index (χ2v) is 5.25. The van der Waals surface area contributed by atoms with Crippen LogP contribution in [0.4, 0.5) is 0 Å². The van der Waals surface area contributed by atoms with E-state index in [4.69, 9.17) is 5.73 Å². The van der Waals surface area contributed by atoms with Crippen molar-refractivity contribution in [2.75, 3.05) is 78.5 Å². The van der Waals surface area contributed by atoms with E-state index in [1.807, 2.05) is 0 Å². The van der Waals surface area contributed by atoms with E-state index in [-0.39, 0.29) is 0 Å². The lowest BCUT2D eigenvalue weighted by Crippen LogP contribution is -2.49. The van der Waals surface area contributed by atoms with Gasteiger partial charge in [0.15, 0.2) is 0 Å². The molecular formula is C14H33N5. The second-order valence-electron chi connectivity index (χ2n) is 5.25. The summed E-state index contributed by atoms with van der Waals surface area (Å²) >= 11 is 0. The van der Waals surface area contributed by atoms with Crippen molar-refractivity contribution in [1.82, 2.24) is 20.0 Å². The highest BCUT2D eigenvalue weighted by atomic mass is 15.3. The Bertz CT molecular complexity index is 200. The maximum absolute atomic E-state index is 5.46. The summed E-state index contributed by atoms with van der Waals surface area (Å²) < 4.78 is 0. The average molecular weight is 271 g/mol. The highest BCUT2D eigenvalue weighted by Gasteiger charge is 2.16. The number of rotatable bonds is 10. The summed E-state index contributed by atoms with van der Waals surface area (Å²) in [6, 6.07) is 0. The molecule has 3 N–H and O–H groups in total. The third kappa shape index (κ3) is 7.22. The van der Waals surface area contributed by atoms with Crippen LogP contribution < -0.4 is 11.1 Å². The topological polar surface area (TPSA) is 47.8 Å². The number of nitrogens with one attached hydrogen (secondary N) is 1. The second kappa shape index (κ2) is 10.6. The largest absolute Gasteiger partial charge is 0.329 e. The van der Waals surface area contributed by atoms with Crippen LogP contribution in [0.3, 0.4) is 0 Å². The maximum atomic E-state index is 5.46. The van der Waals surface area contributed by atoms with E-state index < -0.39 is 0 Å². The number of hydrogen-bond donors (Lipinski definition) is 2. The van der Waals surface area contributed by atoms with Gasteiger partial charge in [0.05, 0.1) is 0 Å². The van der Waals surface area contributed by atoms with Crippen molar-refractivity contribution >= 4 is 0 Å². The molecule has 0 aromatic rings. The molecule has 1 aliphatic rings. The monoisotopic (exact) mass is 271 g/mol.